The predicted octanol–water partition coefficient (Wildman–Crippen LogP) is -3.06. The molecule has 0 bridgehead atoms. The number of carbonyl (C=O) groups excluding carboxylic acids is 2. The Morgan fingerprint density at radius 1 is 1.21 bits per heavy atom. The molecule has 11 heteroatoms. The topological polar surface area (TPSA) is 175 Å². The monoisotopic (exact) mass is 270 g/mol. The fraction of sp³-hybridized carbons (Fsp3) is 0.375. The van der Waals surface area contributed by atoms with Crippen molar-refractivity contribution in [2.45, 2.75) is 0 Å². The molecule has 1 aromatic rings. The third kappa shape index (κ3) is 4.23. The molecule has 11 nitrogen and oxygen atoms in total. The second kappa shape index (κ2) is 6.30. The standard InChI is InChI=1S/C8H14N8O3/c1-19-8-13-6(15-11)12-7(14-8)16(2-4(9)17)3-5(10)18/h2-3,11H2,1H3,(H2,9,17)(H2,10,18)(H,12,13,14,15). The molecule has 0 spiro atoms. The molecular formula is C8H14N8O3. The minimum atomic E-state index is -0.678. The van der Waals surface area contributed by atoms with Gasteiger partial charge in [-0.2, -0.15) is 15.0 Å². The summed E-state index contributed by atoms with van der Waals surface area (Å²) >= 11 is 0. The number of hydrogen-bond acceptors (Lipinski definition) is 9. The van der Waals surface area contributed by atoms with Crippen LogP contribution in [-0.4, -0.2) is 47.0 Å². The number of amides is 2. The quantitative estimate of drug-likeness (QED) is 0.296. The molecule has 104 valence electrons. The van der Waals surface area contributed by atoms with Crippen molar-refractivity contribution in [3.8, 4) is 6.01 Å². The normalized spacial score (nSPS) is 9.79. The molecule has 1 heterocycles. The van der Waals surface area contributed by atoms with Gasteiger partial charge in [0.25, 0.3) is 0 Å². The van der Waals surface area contributed by atoms with E-state index in [-0.39, 0.29) is 31.0 Å². The van der Waals surface area contributed by atoms with E-state index in [0.717, 1.165) is 0 Å². The van der Waals surface area contributed by atoms with Gasteiger partial charge in [0.1, 0.15) is 13.1 Å². The maximum absolute atomic E-state index is 11.0. The van der Waals surface area contributed by atoms with Gasteiger partial charge in [0.05, 0.1) is 7.11 Å². The second-order valence-electron chi connectivity index (χ2n) is 3.38. The third-order valence-corrected chi connectivity index (χ3v) is 1.89. The van der Waals surface area contributed by atoms with Gasteiger partial charge in [0.15, 0.2) is 0 Å². The van der Waals surface area contributed by atoms with Crippen LogP contribution in [0.2, 0.25) is 0 Å². The molecule has 0 saturated carbocycles. The number of carbonyl (C=O) groups is 2. The number of nitrogens with two attached hydrogens (primary N) is 3. The number of ether oxygens (including phenoxy) is 1. The summed E-state index contributed by atoms with van der Waals surface area (Å²) in [5.41, 5.74) is 12.3. The fourth-order valence-corrected chi connectivity index (χ4v) is 1.22. The summed E-state index contributed by atoms with van der Waals surface area (Å²) in [6.45, 7) is -0.583. The van der Waals surface area contributed by atoms with E-state index < -0.39 is 11.8 Å². The van der Waals surface area contributed by atoms with Crippen molar-refractivity contribution in [3.63, 3.8) is 0 Å². The summed E-state index contributed by atoms with van der Waals surface area (Å²) in [6.07, 6.45) is 0. The van der Waals surface area contributed by atoms with Gasteiger partial charge >= 0.3 is 6.01 Å². The largest absolute Gasteiger partial charge is 0.467 e. The van der Waals surface area contributed by atoms with Gasteiger partial charge in [-0.25, -0.2) is 5.84 Å². The van der Waals surface area contributed by atoms with Gasteiger partial charge in [-0.05, 0) is 0 Å². The first-order chi connectivity index (χ1) is 8.96. The number of anilines is 2. The molecule has 0 aliphatic carbocycles. The van der Waals surface area contributed by atoms with E-state index in [1.54, 1.807) is 0 Å². The van der Waals surface area contributed by atoms with Gasteiger partial charge in [-0.1, -0.05) is 0 Å². The first-order valence-electron chi connectivity index (χ1n) is 5.04. The molecule has 1 rings (SSSR count). The fourth-order valence-electron chi connectivity index (χ4n) is 1.22. The average molecular weight is 270 g/mol. The molecule has 0 atom stereocenters. The van der Waals surface area contributed by atoms with Crippen LogP contribution in [-0.2, 0) is 9.59 Å². The van der Waals surface area contributed by atoms with E-state index in [1.807, 2.05) is 0 Å². The zero-order valence-corrected chi connectivity index (χ0v) is 10.2. The summed E-state index contributed by atoms with van der Waals surface area (Å²) in [6, 6.07) is -0.0445. The van der Waals surface area contributed by atoms with Crippen LogP contribution in [0.15, 0.2) is 0 Å². The van der Waals surface area contributed by atoms with E-state index in [2.05, 4.69) is 20.4 Å². The van der Waals surface area contributed by atoms with E-state index in [4.69, 9.17) is 22.0 Å². The van der Waals surface area contributed by atoms with Crippen LogP contribution in [0.4, 0.5) is 11.9 Å². The summed E-state index contributed by atoms with van der Waals surface area (Å²) in [5.74, 6) is 3.81. The summed E-state index contributed by atoms with van der Waals surface area (Å²) in [7, 11) is 1.34. The first kappa shape index (κ1) is 14.4. The van der Waals surface area contributed by atoms with Gasteiger partial charge in [0, 0.05) is 0 Å². The van der Waals surface area contributed by atoms with E-state index >= 15 is 0 Å². The molecular weight excluding hydrogens is 256 g/mol. The SMILES string of the molecule is COc1nc(NN)nc(N(CC(N)=O)CC(N)=O)n1. The Balaban J connectivity index is 3.12. The van der Waals surface area contributed by atoms with E-state index in [0.29, 0.717) is 0 Å². The summed E-state index contributed by atoms with van der Waals surface area (Å²) in [5, 5.41) is 0. The number of methoxy groups -OCH3 is 1. The highest BCUT2D eigenvalue weighted by atomic mass is 16.5. The summed E-state index contributed by atoms with van der Waals surface area (Å²) < 4.78 is 4.84. The number of nitrogens with one attached hydrogen (secondary N) is 1. The molecule has 0 unspecified atom stereocenters. The molecule has 0 fully saturated rings. The molecule has 7 N–H and O–H groups in total. The van der Waals surface area contributed by atoms with Crippen molar-refractivity contribution in [1.29, 1.82) is 0 Å². The van der Waals surface area contributed by atoms with Crippen molar-refractivity contribution >= 4 is 23.7 Å². The van der Waals surface area contributed by atoms with E-state index in [1.165, 1.54) is 12.0 Å². The minimum Gasteiger partial charge on any atom is -0.467 e. The van der Waals surface area contributed by atoms with Gasteiger partial charge in [-0.15, -0.1) is 0 Å². The molecule has 19 heavy (non-hydrogen) atoms. The Kier molecular flexibility index (Phi) is 4.76. The number of primary amides is 2. The number of nitrogen functional groups attached to an aromatic ring is 1. The van der Waals surface area contributed by atoms with Crippen molar-refractivity contribution in [1.82, 2.24) is 15.0 Å². The zero-order chi connectivity index (χ0) is 14.4. The number of hydrogen-bond donors (Lipinski definition) is 4. The van der Waals surface area contributed by atoms with E-state index in [9.17, 15) is 9.59 Å². The van der Waals surface area contributed by atoms with Crippen LogP contribution in [0.3, 0.4) is 0 Å². The zero-order valence-electron chi connectivity index (χ0n) is 10.2. The molecule has 0 radical (unpaired) electrons. The van der Waals surface area contributed by atoms with Crippen LogP contribution >= 0.6 is 0 Å². The minimum absolute atomic E-state index is 0.000732. The molecule has 0 aliphatic rings. The number of rotatable bonds is 7. The lowest BCUT2D eigenvalue weighted by molar-refractivity contribution is -0.117. The van der Waals surface area contributed by atoms with Crippen molar-refractivity contribution in [2.75, 3.05) is 30.5 Å². The number of aromatic nitrogens is 3. The van der Waals surface area contributed by atoms with Crippen molar-refractivity contribution in [3.05, 3.63) is 0 Å². The highest BCUT2D eigenvalue weighted by molar-refractivity contribution is 5.84. The average Bonchev–Trinajstić information content (AvgIpc) is 2.36. The Hall–Kier alpha value is -2.69. The number of hydrazine groups is 1. The lowest BCUT2D eigenvalue weighted by Gasteiger charge is -2.19. The summed E-state index contributed by atoms with van der Waals surface area (Å²) in [4.78, 5) is 34.6. The van der Waals surface area contributed by atoms with Crippen molar-refractivity contribution in [2.24, 2.45) is 17.3 Å². The number of nitrogens with zero attached hydrogens (tertiary/aromatic N) is 4. The molecule has 1 aromatic heterocycles. The maximum atomic E-state index is 11.0. The Labute approximate surface area is 108 Å². The smallest absolute Gasteiger partial charge is 0.322 e. The van der Waals surface area contributed by atoms with Crippen molar-refractivity contribution < 1.29 is 14.3 Å². The van der Waals surface area contributed by atoms with Crippen LogP contribution < -0.4 is 32.4 Å². The highest BCUT2D eigenvalue weighted by Gasteiger charge is 2.17. The predicted molar refractivity (Wildman–Crippen MR) is 64.8 cm³/mol. The second-order valence-corrected chi connectivity index (χ2v) is 3.38. The lowest BCUT2D eigenvalue weighted by atomic mass is 10.4. The lowest BCUT2D eigenvalue weighted by Crippen LogP contribution is -2.40. The molecule has 0 aliphatic heterocycles. The molecule has 0 aromatic carbocycles. The third-order valence-electron chi connectivity index (χ3n) is 1.89. The van der Waals surface area contributed by atoms with Gasteiger partial charge < -0.3 is 21.1 Å². The Morgan fingerprint density at radius 2 is 1.79 bits per heavy atom. The van der Waals surface area contributed by atoms with Gasteiger partial charge in [0.2, 0.25) is 23.7 Å². The Bertz CT molecular complexity index is 441. The molecule has 2 amide bonds. The van der Waals surface area contributed by atoms with Crippen LogP contribution in [0.5, 0.6) is 6.01 Å². The van der Waals surface area contributed by atoms with Crippen LogP contribution in [0.1, 0.15) is 0 Å². The van der Waals surface area contributed by atoms with Crippen LogP contribution in [0, 0.1) is 0 Å². The highest BCUT2D eigenvalue weighted by Crippen LogP contribution is 2.13. The van der Waals surface area contributed by atoms with Gasteiger partial charge in [-0.3, -0.25) is 15.0 Å². The first-order valence-corrected chi connectivity index (χ1v) is 5.04. The van der Waals surface area contributed by atoms with Crippen LogP contribution in [0.25, 0.3) is 0 Å². The maximum Gasteiger partial charge on any atom is 0.322 e. The molecule has 0 saturated heterocycles. The Morgan fingerprint density at radius 3 is 2.21 bits per heavy atom.